The minimum Gasteiger partial charge on any atom is -0.339 e. The fourth-order valence-electron chi connectivity index (χ4n) is 3.82. The number of likely N-dealkylation sites (tertiary alicyclic amines) is 1. The summed E-state index contributed by atoms with van der Waals surface area (Å²) in [6.07, 6.45) is 4.23. The molecule has 1 atom stereocenters. The number of hydrogen-bond acceptors (Lipinski definition) is 6. The Morgan fingerprint density at radius 2 is 2.03 bits per heavy atom. The number of halogens is 2. The maximum Gasteiger partial charge on any atom is 0.270 e. The lowest BCUT2D eigenvalue weighted by Crippen LogP contribution is -2.52. The van der Waals surface area contributed by atoms with Gasteiger partial charge in [-0.05, 0) is 51.6 Å². The lowest BCUT2D eigenvalue weighted by molar-refractivity contribution is -0.131. The number of nitriles is 1. The van der Waals surface area contributed by atoms with Crippen molar-refractivity contribution < 1.29 is 23.2 Å². The number of hydroxylamine groups is 1. The molecule has 0 radical (unpaired) electrons. The van der Waals surface area contributed by atoms with Crippen molar-refractivity contribution in [2.45, 2.75) is 75.5 Å². The topological polar surface area (TPSA) is 106 Å². The molecule has 166 valence electrons. The number of nitrogens with one attached hydrogen (secondary N) is 3. The second-order valence-corrected chi connectivity index (χ2v) is 8.65. The second kappa shape index (κ2) is 8.47. The second-order valence-electron chi connectivity index (χ2n) is 8.65. The largest absolute Gasteiger partial charge is 0.339 e. The van der Waals surface area contributed by atoms with E-state index >= 15 is 0 Å². The molecule has 10 heteroatoms. The molecule has 2 amide bonds. The Kier molecular flexibility index (Phi) is 6.34. The molecule has 0 aromatic rings. The normalized spacial score (nSPS) is 23.1. The number of rotatable bonds is 8. The molecule has 0 aromatic carbocycles. The van der Waals surface area contributed by atoms with Crippen LogP contribution in [0.5, 0.6) is 0 Å². The Bertz CT molecular complexity index is 747. The first-order chi connectivity index (χ1) is 14.1. The Hall–Kier alpha value is -2.25. The van der Waals surface area contributed by atoms with Crippen LogP contribution in [0.4, 0.5) is 8.78 Å². The zero-order valence-corrected chi connectivity index (χ0v) is 17.4. The van der Waals surface area contributed by atoms with Gasteiger partial charge in [0.05, 0.1) is 6.07 Å². The van der Waals surface area contributed by atoms with E-state index in [0.29, 0.717) is 32.6 Å². The number of nitrogens with zero attached hydrogens (tertiary/aromatic N) is 2. The fraction of sp³-hybridized carbons (Fsp3) is 0.750. The van der Waals surface area contributed by atoms with Crippen molar-refractivity contribution in [1.29, 1.82) is 5.26 Å². The number of amides is 2. The quantitative estimate of drug-likeness (QED) is 0.542. The summed E-state index contributed by atoms with van der Waals surface area (Å²) in [4.78, 5) is 33.2. The third kappa shape index (κ3) is 5.46. The fourth-order valence-corrected chi connectivity index (χ4v) is 3.82. The highest BCUT2D eigenvalue weighted by atomic mass is 19.3. The molecule has 0 aromatic heterocycles. The molecule has 2 heterocycles. The van der Waals surface area contributed by atoms with E-state index in [1.165, 1.54) is 0 Å². The van der Waals surface area contributed by atoms with E-state index in [1.54, 1.807) is 6.08 Å². The summed E-state index contributed by atoms with van der Waals surface area (Å²) in [7, 11) is 0. The van der Waals surface area contributed by atoms with Crippen LogP contribution in [0.15, 0.2) is 11.8 Å². The number of carbonyl (C=O) groups is 2. The van der Waals surface area contributed by atoms with Crippen LogP contribution in [0.25, 0.3) is 0 Å². The molecule has 1 saturated carbocycles. The monoisotopic (exact) mass is 425 g/mol. The van der Waals surface area contributed by atoms with E-state index in [1.807, 2.05) is 6.07 Å². The zero-order valence-electron chi connectivity index (χ0n) is 17.4. The van der Waals surface area contributed by atoms with Crippen LogP contribution in [0, 0.1) is 11.3 Å². The minimum atomic E-state index is -3.17. The summed E-state index contributed by atoms with van der Waals surface area (Å²) in [5.41, 5.74) is 1.10. The summed E-state index contributed by atoms with van der Waals surface area (Å²) in [6, 6.07) is 0.517. The van der Waals surface area contributed by atoms with Crippen LogP contribution in [-0.2, 0) is 14.4 Å². The van der Waals surface area contributed by atoms with E-state index in [-0.39, 0.29) is 5.70 Å². The predicted octanol–water partition coefficient (Wildman–Crippen LogP) is 1.35. The average molecular weight is 425 g/mol. The van der Waals surface area contributed by atoms with Gasteiger partial charge in [0.15, 0.2) is 0 Å². The Morgan fingerprint density at radius 1 is 1.37 bits per heavy atom. The molecular formula is C20H29F2N5O3. The van der Waals surface area contributed by atoms with Gasteiger partial charge in [0.1, 0.15) is 22.9 Å². The first-order valence-corrected chi connectivity index (χ1v) is 10.4. The summed E-state index contributed by atoms with van der Waals surface area (Å²) >= 11 is 0. The van der Waals surface area contributed by atoms with E-state index in [4.69, 9.17) is 10.1 Å². The summed E-state index contributed by atoms with van der Waals surface area (Å²) in [5, 5.41) is 14.0. The van der Waals surface area contributed by atoms with Crippen LogP contribution < -0.4 is 16.1 Å². The van der Waals surface area contributed by atoms with Crippen LogP contribution in [0.1, 0.15) is 52.4 Å². The molecule has 0 bridgehead atoms. The lowest BCUT2D eigenvalue weighted by atomic mass is 9.90. The van der Waals surface area contributed by atoms with Gasteiger partial charge in [0.2, 0.25) is 11.8 Å². The Morgan fingerprint density at radius 3 is 2.57 bits per heavy atom. The van der Waals surface area contributed by atoms with Crippen LogP contribution in [0.2, 0.25) is 0 Å². The lowest BCUT2D eigenvalue weighted by Gasteiger charge is -2.36. The summed E-state index contributed by atoms with van der Waals surface area (Å²) < 4.78 is 27.2. The standard InChI is InChI=1S/C20H29F2N5O3/c1-3-8-27-9-6-20(7-10-27)12-15(26-30-20)16(28)24-14(11-18(2,21)22)17(29)25-19(13-23)4-5-19/h12,14,26H,3-11H2,1-2H3,(H,24,28)(H,25,29). The van der Waals surface area contributed by atoms with Gasteiger partial charge in [0, 0.05) is 19.5 Å². The van der Waals surface area contributed by atoms with Gasteiger partial charge >= 0.3 is 0 Å². The molecule has 3 aliphatic rings. The van der Waals surface area contributed by atoms with Gasteiger partial charge < -0.3 is 15.5 Å². The molecule has 1 spiro atoms. The van der Waals surface area contributed by atoms with Crippen LogP contribution in [0.3, 0.4) is 0 Å². The highest BCUT2D eigenvalue weighted by molar-refractivity contribution is 5.97. The predicted molar refractivity (Wildman–Crippen MR) is 104 cm³/mol. The Balaban J connectivity index is 1.64. The SMILES string of the molecule is CCCN1CCC2(C=C(C(=O)NC(CC(C)(F)F)C(=O)NC3(C#N)CC3)NO2)CC1. The van der Waals surface area contributed by atoms with Gasteiger partial charge in [-0.3, -0.25) is 19.9 Å². The molecule has 3 rings (SSSR count). The third-order valence-electron chi connectivity index (χ3n) is 5.77. The molecule has 1 saturated heterocycles. The minimum absolute atomic E-state index is 0.109. The number of alkyl halides is 2. The Labute approximate surface area is 174 Å². The zero-order chi connectivity index (χ0) is 22.0. The van der Waals surface area contributed by atoms with Crippen LogP contribution in [-0.4, -0.2) is 59.5 Å². The highest BCUT2D eigenvalue weighted by Crippen LogP contribution is 2.35. The maximum absolute atomic E-state index is 13.6. The summed E-state index contributed by atoms with van der Waals surface area (Å²) in [6.45, 7) is 5.49. The maximum atomic E-state index is 13.6. The molecular weight excluding hydrogens is 396 g/mol. The summed E-state index contributed by atoms with van der Waals surface area (Å²) in [5.74, 6) is -4.64. The van der Waals surface area contributed by atoms with E-state index in [2.05, 4.69) is 27.9 Å². The van der Waals surface area contributed by atoms with Gasteiger partial charge in [-0.15, -0.1) is 0 Å². The highest BCUT2D eigenvalue weighted by Gasteiger charge is 2.47. The van der Waals surface area contributed by atoms with Crippen molar-refractivity contribution in [2.24, 2.45) is 0 Å². The molecule has 3 N–H and O–H groups in total. The molecule has 2 fully saturated rings. The van der Waals surface area contributed by atoms with Crippen LogP contribution >= 0.6 is 0 Å². The van der Waals surface area contributed by atoms with Gasteiger partial charge in [-0.25, -0.2) is 8.78 Å². The molecule has 1 aliphatic carbocycles. The average Bonchev–Trinajstić information content (AvgIpc) is 3.33. The van der Waals surface area contributed by atoms with Crippen molar-refractivity contribution in [3.05, 3.63) is 11.8 Å². The first kappa shape index (κ1) is 22.4. The van der Waals surface area contributed by atoms with Gasteiger partial charge in [-0.1, -0.05) is 6.92 Å². The van der Waals surface area contributed by atoms with Gasteiger partial charge in [-0.2, -0.15) is 5.26 Å². The number of carbonyl (C=O) groups excluding carboxylic acids is 2. The van der Waals surface area contributed by atoms with Crippen molar-refractivity contribution in [3.63, 3.8) is 0 Å². The van der Waals surface area contributed by atoms with Crippen molar-refractivity contribution in [1.82, 2.24) is 21.0 Å². The number of hydrogen-bond donors (Lipinski definition) is 3. The van der Waals surface area contributed by atoms with Gasteiger partial charge in [0.25, 0.3) is 5.91 Å². The number of piperidine rings is 1. The molecule has 8 nitrogen and oxygen atoms in total. The van der Waals surface area contributed by atoms with E-state index < -0.39 is 41.3 Å². The van der Waals surface area contributed by atoms with Crippen molar-refractivity contribution in [3.8, 4) is 6.07 Å². The van der Waals surface area contributed by atoms with Crippen molar-refractivity contribution >= 4 is 11.8 Å². The van der Waals surface area contributed by atoms with E-state index in [0.717, 1.165) is 26.1 Å². The molecule has 1 unspecified atom stereocenters. The van der Waals surface area contributed by atoms with E-state index in [9.17, 15) is 18.4 Å². The van der Waals surface area contributed by atoms with Crippen molar-refractivity contribution in [2.75, 3.05) is 19.6 Å². The smallest absolute Gasteiger partial charge is 0.270 e. The third-order valence-corrected chi connectivity index (χ3v) is 5.77. The first-order valence-electron chi connectivity index (χ1n) is 10.4. The molecule has 2 aliphatic heterocycles. The molecule has 30 heavy (non-hydrogen) atoms.